The summed E-state index contributed by atoms with van der Waals surface area (Å²) in [5.74, 6) is 0.688. The van der Waals surface area contributed by atoms with Crippen LogP contribution in [0.25, 0.3) is 0 Å². The third kappa shape index (κ3) is 3.92. The molecule has 1 aliphatic carbocycles. The summed E-state index contributed by atoms with van der Waals surface area (Å²) in [6, 6.07) is 1.94. The van der Waals surface area contributed by atoms with Crippen molar-refractivity contribution in [3.8, 4) is 0 Å². The average Bonchev–Trinajstić information content (AvgIpc) is 2.34. The van der Waals surface area contributed by atoms with Crippen LogP contribution in [-0.4, -0.2) is 14.3 Å². The smallest absolute Gasteiger partial charge is 0.120 e. The van der Waals surface area contributed by atoms with Crippen molar-refractivity contribution in [2.24, 2.45) is 5.92 Å². The largest absolute Gasteiger partial charge is 0.335 e. The molecule has 13 heavy (non-hydrogen) atoms. The fourth-order valence-electron chi connectivity index (χ4n) is 2.04. The van der Waals surface area contributed by atoms with E-state index in [-0.39, 0.29) is 0 Å². The lowest BCUT2D eigenvalue weighted by molar-refractivity contribution is 0.718. The zero-order valence-electron chi connectivity index (χ0n) is 9.17. The molecule has 0 aromatic carbocycles. The normalized spacial score (nSPS) is 17.6. The van der Waals surface area contributed by atoms with Crippen LogP contribution in [0.2, 0.25) is 19.1 Å². The lowest BCUT2D eigenvalue weighted by atomic mass is 10.2. The average molecular weight is 195 g/mol. The fourth-order valence-corrected chi connectivity index (χ4v) is 5.18. The van der Waals surface area contributed by atoms with Gasteiger partial charge in [-0.3, -0.25) is 0 Å². The molecule has 1 rings (SSSR count). The summed E-state index contributed by atoms with van der Waals surface area (Å²) in [6.45, 7) is 9.28. The Bertz CT molecular complexity index is 204. The van der Waals surface area contributed by atoms with Crippen molar-refractivity contribution in [1.29, 1.82) is 0 Å². The molecule has 2 heteroatoms. The van der Waals surface area contributed by atoms with Crippen LogP contribution >= 0.6 is 0 Å². The van der Waals surface area contributed by atoms with Crippen LogP contribution in [0.3, 0.4) is 0 Å². The van der Waals surface area contributed by atoms with Gasteiger partial charge in [0.25, 0.3) is 0 Å². The van der Waals surface area contributed by atoms with Crippen molar-refractivity contribution in [2.75, 3.05) is 0 Å². The molecule has 0 fully saturated rings. The Morgan fingerprint density at radius 2 is 1.77 bits per heavy atom. The summed E-state index contributed by atoms with van der Waals surface area (Å²) < 4.78 is 0. The first-order chi connectivity index (χ1) is 5.99. The Labute approximate surface area is 83.0 Å². The molecule has 0 aromatic rings. The van der Waals surface area contributed by atoms with Gasteiger partial charge in [-0.2, -0.15) is 0 Å². The van der Waals surface area contributed by atoms with Crippen molar-refractivity contribution in [3.63, 3.8) is 0 Å². The highest BCUT2D eigenvalue weighted by Gasteiger charge is 2.24. The molecule has 1 N–H and O–H groups in total. The number of nitrogens with one attached hydrogen (secondary N) is 1. The standard InChI is InChI=1S/C11H21NSi/c1-10(2)12-13(3,4)9-11-7-5-6-8-11/h5-8,10-12H,9H2,1-4H3. The molecule has 0 atom stereocenters. The monoisotopic (exact) mass is 195 g/mol. The molecule has 0 aromatic heterocycles. The fraction of sp³-hybridized carbons (Fsp3) is 0.636. The lowest BCUT2D eigenvalue weighted by Crippen LogP contribution is -2.49. The zero-order chi connectivity index (χ0) is 9.90. The van der Waals surface area contributed by atoms with Gasteiger partial charge in [0.05, 0.1) is 0 Å². The van der Waals surface area contributed by atoms with E-state index in [0.717, 1.165) is 0 Å². The van der Waals surface area contributed by atoms with Crippen LogP contribution in [-0.2, 0) is 0 Å². The highest BCUT2D eigenvalue weighted by molar-refractivity contribution is 6.75. The van der Waals surface area contributed by atoms with Crippen molar-refractivity contribution < 1.29 is 0 Å². The van der Waals surface area contributed by atoms with Crippen molar-refractivity contribution >= 4 is 8.24 Å². The minimum Gasteiger partial charge on any atom is -0.335 e. The van der Waals surface area contributed by atoms with Gasteiger partial charge >= 0.3 is 0 Å². The number of rotatable bonds is 4. The molecule has 0 saturated heterocycles. The maximum atomic E-state index is 3.72. The molecule has 0 heterocycles. The number of allylic oxidation sites excluding steroid dienone is 4. The summed E-state index contributed by atoms with van der Waals surface area (Å²) in [5, 5.41) is 0. The summed E-state index contributed by atoms with van der Waals surface area (Å²) >= 11 is 0. The van der Waals surface area contributed by atoms with Crippen LogP contribution in [0.15, 0.2) is 24.3 Å². The Kier molecular flexibility index (Phi) is 3.51. The first kappa shape index (κ1) is 10.7. The third-order valence-electron chi connectivity index (χ3n) is 2.25. The molecule has 1 aliphatic rings. The van der Waals surface area contributed by atoms with Gasteiger partial charge in [-0.25, -0.2) is 0 Å². The van der Waals surface area contributed by atoms with E-state index < -0.39 is 8.24 Å². The third-order valence-corrected chi connectivity index (χ3v) is 5.10. The van der Waals surface area contributed by atoms with Gasteiger partial charge < -0.3 is 4.98 Å². The highest BCUT2D eigenvalue weighted by atomic mass is 28.3. The summed E-state index contributed by atoms with van der Waals surface area (Å²) in [7, 11) is -1.18. The molecule has 0 spiro atoms. The van der Waals surface area contributed by atoms with Crippen molar-refractivity contribution in [2.45, 2.75) is 39.0 Å². The topological polar surface area (TPSA) is 12.0 Å². The van der Waals surface area contributed by atoms with Crippen LogP contribution in [0.4, 0.5) is 0 Å². The highest BCUT2D eigenvalue weighted by Crippen LogP contribution is 2.20. The lowest BCUT2D eigenvalue weighted by Gasteiger charge is -2.28. The first-order valence-corrected chi connectivity index (χ1v) is 8.33. The Hall–Kier alpha value is -0.343. The Balaban J connectivity index is 2.41. The van der Waals surface area contributed by atoms with Gasteiger partial charge in [-0.15, -0.1) is 0 Å². The molecule has 0 aliphatic heterocycles. The molecule has 0 bridgehead atoms. The van der Waals surface area contributed by atoms with Gasteiger partial charge in [-0.1, -0.05) is 51.2 Å². The molecular weight excluding hydrogens is 174 g/mol. The Morgan fingerprint density at radius 3 is 2.23 bits per heavy atom. The van der Waals surface area contributed by atoms with E-state index in [0.29, 0.717) is 12.0 Å². The van der Waals surface area contributed by atoms with E-state index in [4.69, 9.17) is 0 Å². The quantitative estimate of drug-likeness (QED) is 0.680. The molecule has 1 nitrogen and oxygen atoms in total. The molecule has 74 valence electrons. The van der Waals surface area contributed by atoms with Gasteiger partial charge in [0.1, 0.15) is 8.24 Å². The van der Waals surface area contributed by atoms with Crippen molar-refractivity contribution in [1.82, 2.24) is 4.98 Å². The second-order valence-electron chi connectivity index (χ2n) is 4.82. The van der Waals surface area contributed by atoms with E-state index in [2.05, 4.69) is 56.2 Å². The van der Waals surface area contributed by atoms with Gasteiger partial charge in [0.15, 0.2) is 0 Å². The summed E-state index contributed by atoms with van der Waals surface area (Å²) in [5.41, 5.74) is 0. The number of hydrogen-bond acceptors (Lipinski definition) is 1. The van der Waals surface area contributed by atoms with E-state index in [9.17, 15) is 0 Å². The predicted octanol–water partition coefficient (Wildman–Crippen LogP) is 2.93. The van der Waals surface area contributed by atoms with Gasteiger partial charge in [0, 0.05) is 0 Å². The first-order valence-electron chi connectivity index (χ1n) is 5.12. The molecule has 0 amide bonds. The summed E-state index contributed by atoms with van der Waals surface area (Å²) in [6.07, 6.45) is 8.92. The minimum absolute atomic E-state index is 0.621. The maximum absolute atomic E-state index is 3.72. The zero-order valence-corrected chi connectivity index (χ0v) is 10.2. The maximum Gasteiger partial charge on any atom is 0.120 e. The van der Waals surface area contributed by atoms with Gasteiger partial charge in [-0.05, 0) is 18.0 Å². The number of hydrogen-bond donors (Lipinski definition) is 1. The van der Waals surface area contributed by atoms with Crippen LogP contribution in [0, 0.1) is 5.92 Å². The summed E-state index contributed by atoms with van der Waals surface area (Å²) in [4.78, 5) is 3.72. The predicted molar refractivity (Wildman–Crippen MR) is 62.3 cm³/mol. The minimum atomic E-state index is -1.18. The van der Waals surface area contributed by atoms with E-state index in [1.165, 1.54) is 6.04 Å². The molecular formula is C11H21NSi. The second kappa shape index (κ2) is 4.25. The molecule has 0 unspecified atom stereocenters. The van der Waals surface area contributed by atoms with Crippen LogP contribution in [0.5, 0.6) is 0 Å². The van der Waals surface area contributed by atoms with E-state index in [1.54, 1.807) is 0 Å². The Morgan fingerprint density at radius 1 is 1.23 bits per heavy atom. The van der Waals surface area contributed by atoms with Crippen LogP contribution < -0.4 is 4.98 Å². The van der Waals surface area contributed by atoms with Crippen LogP contribution in [0.1, 0.15) is 13.8 Å². The van der Waals surface area contributed by atoms with E-state index in [1.807, 2.05) is 0 Å². The van der Waals surface area contributed by atoms with Gasteiger partial charge in [0.2, 0.25) is 0 Å². The SMILES string of the molecule is CC(C)N[Si](C)(C)CC1C=CC=C1. The molecule has 0 radical (unpaired) electrons. The second-order valence-corrected chi connectivity index (χ2v) is 9.29. The molecule has 0 saturated carbocycles. The van der Waals surface area contributed by atoms with Crippen molar-refractivity contribution in [3.05, 3.63) is 24.3 Å². The van der Waals surface area contributed by atoms with E-state index >= 15 is 0 Å².